The molecule has 0 radical (unpaired) electrons. The lowest BCUT2D eigenvalue weighted by atomic mass is 10.1. The first kappa shape index (κ1) is 27.9. The van der Waals surface area contributed by atoms with Crippen molar-refractivity contribution in [2.24, 2.45) is 0 Å². The molecule has 0 unspecified atom stereocenters. The van der Waals surface area contributed by atoms with Crippen LogP contribution in [0.25, 0.3) is 0 Å². The summed E-state index contributed by atoms with van der Waals surface area (Å²) in [5, 5.41) is 0. The number of carbonyl (C=O) groups excluding carboxylic acids is 2. The third kappa shape index (κ3) is 23.0. The van der Waals surface area contributed by atoms with Crippen molar-refractivity contribution in [2.75, 3.05) is 40.9 Å². The number of unbranched alkanes of at least 4 members (excludes halogenated alkanes) is 10. The van der Waals surface area contributed by atoms with Gasteiger partial charge in [-0.05, 0) is 38.5 Å². The zero-order valence-electron chi connectivity index (χ0n) is 19.8. The Bertz CT molecular complexity index is 404. The summed E-state index contributed by atoms with van der Waals surface area (Å²) >= 11 is 0. The van der Waals surface area contributed by atoms with Gasteiger partial charge in [0.05, 0.1) is 40.9 Å². The summed E-state index contributed by atoms with van der Waals surface area (Å²) in [6.45, 7) is 4.40. The predicted octanol–water partition coefficient (Wildman–Crippen LogP) is 5.65. The standard InChI is InChI=1S/C24H48NO4/c1-5-6-7-8-9-10-12-15-21-28-23(26)18-17-19-24(27)29-22-16-13-11-14-20-25(2,3)4/h5-22H2,1-4H3/q+1. The van der Waals surface area contributed by atoms with Gasteiger partial charge < -0.3 is 14.0 Å². The Morgan fingerprint density at radius 3 is 1.45 bits per heavy atom. The highest BCUT2D eigenvalue weighted by Crippen LogP contribution is 2.09. The summed E-state index contributed by atoms with van der Waals surface area (Å²) in [7, 11) is 6.61. The SMILES string of the molecule is CCCCCCCCCCOC(=O)CCCC(=O)OCCCCCC[N+](C)(C)C. The smallest absolute Gasteiger partial charge is 0.305 e. The first-order chi connectivity index (χ1) is 13.8. The molecule has 0 aromatic carbocycles. The monoisotopic (exact) mass is 414 g/mol. The second-order valence-corrected chi connectivity index (χ2v) is 9.20. The van der Waals surface area contributed by atoms with E-state index in [1.165, 1.54) is 57.9 Å². The van der Waals surface area contributed by atoms with Crippen molar-refractivity contribution < 1.29 is 23.5 Å². The van der Waals surface area contributed by atoms with Gasteiger partial charge in [0.2, 0.25) is 0 Å². The maximum atomic E-state index is 11.7. The minimum absolute atomic E-state index is 0.196. The summed E-state index contributed by atoms with van der Waals surface area (Å²) in [6.07, 6.45) is 15.4. The number of quaternary nitrogens is 1. The van der Waals surface area contributed by atoms with Crippen LogP contribution in [0.5, 0.6) is 0 Å². The van der Waals surface area contributed by atoms with Gasteiger partial charge in [0.1, 0.15) is 0 Å². The Morgan fingerprint density at radius 2 is 1.00 bits per heavy atom. The second-order valence-electron chi connectivity index (χ2n) is 9.20. The molecule has 29 heavy (non-hydrogen) atoms. The average molecular weight is 415 g/mol. The molecule has 0 aliphatic rings. The molecule has 0 N–H and O–H groups in total. The van der Waals surface area contributed by atoms with E-state index in [0.29, 0.717) is 32.5 Å². The van der Waals surface area contributed by atoms with Crippen molar-refractivity contribution in [3.05, 3.63) is 0 Å². The van der Waals surface area contributed by atoms with E-state index in [1.54, 1.807) is 0 Å². The third-order valence-electron chi connectivity index (χ3n) is 5.01. The Balaban J connectivity index is 3.37. The highest BCUT2D eigenvalue weighted by Gasteiger charge is 2.08. The number of ether oxygens (including phenoxy) is 2. The van der Waals surface area contributed by atoms with E-state index < -0.39 is 0 Å². The van der Waals surface area contributed by atoms with Crippen LogP contribution in [0.15, 0.2) is 0 Å². The number of hydrogen-bond donors (Lipinski definition) is 0. The van der Waals surface area contributed by atoms with Crippen molar-refractivity contribution in [1.29, 1.82) is 0 Å². The van der Waals surface area contributed by atoms with E-state index in [0.717, 1.165) is 30.2 Å². The summed E-state index contributed by atoms with van der Waals surface area (Å²) in [4.78, 5) is 23.4. The molecule has 0 rings (SSSR count). The minimum atomic E-state index is -0.202. The van der Waals surface area contributed by atoms with E-state index in [4.69, 9.17) is 9.47 Å². The zero-order chi connectivity index (χ0) is 21.8. The Labute approximate surface area is 180 Å². The van der Waals surface area contributed by atoms with Crippen molar-refractivity contribution in [1.82, 2.24) is 0 Å². The number of esters is 2. The molecule has 0 aliphatic carbocycles. The fourth-order valence-corrected chi connectivity index (χ4v) is 3.17. The number of nitrogens with zero attached hydrogens (tertiary/aromatic N) is 1. The van der Waals surface area contributed by atoms with Gasteiger partial charge in [-0.25, -0.2) is 0 Å². The van der Waals surface area contributed by atoms with Gasteiger partial charge in [-0.1, -0.05) is 51.9 Å². The van der Waals surface area contributed by atoms with Crippen LogP contribution < -0.4 is 0 Å². The Morgan fingerprint density at radius 1 is 0.586 bits per heavy atom. The molecule has 0 bridgehead atoms. The van der Waals surface area contributed by atoms with Crippen LogP contribution in [0.4, 0.5) is 0 Å². The molecule has 0 aliphatic heterocycles. The second kappa shape index (κ2) is 18.9. The summed E-state index contributed by atoms with van der Waals surface area (Å²) in [6, 6.07) is 0. The zero-order valence-corrected chi connectivity index (χ0v) is 19.8. The lowest BCUT2D eigenvalue weighted by molar-refractivity contribution is -0.870. The molecule has 0 heterocycles. The van der Waals surface area contributed by atoms with Crippen LogP contribution in [0.3, 0.4) is 0 Å². The van der Waals surface area contributed by atoms with E-state index in [-0.39, 0.29) is 11.9 Å². The van der Waals surface area contributed by atoms with Gasteiger partial charge in [0.15, 0.2) is 0 Å². The van der Waals surface area contributed by atoms with Crippen molar-refractivity contribution in [2.45, 2.75) is 103 Å². The van der Waals surface area contributed by atoms with Gasteiger partial charge in [-0.3, -0.25) is 9.59 Å². The lowest BCUT2D eigenvalue weighted by Crippen LogP contribution is -2.35. The van der Waals surface area contributed by atoms with Crippen LogP contribution in [0, 0.1) is 0 Å². The third-order valence-corrected chi connectivity index (χ3v) is 5.01. The van der Waals surface area contributed by atoms with E-state index >= 15 is 0 Å². The predicted molar refractivity (Wildman–Crippen MR) is 120 cm³/mol. The number of hydrogen-bond acceptors (Lipinski definition) is 4. The molecule has 0 amide bonds. The van der Waals surface area contributed by atoms with Gasteiger partial charge in [-0.2, -0.15) is 0 Å². The van der Waals surface area contributed by atoms with Gasteiger partial charge in [0, 0.05) is 12.8 Å². The molecule has 0 fully saturated rings. The molecule has 0 aromatic rings. The van der Waals surface area contributed by atoms with Crippen molar-refractivity contribution in [3.8, 4) is 0 Å². The van der Waals surface area contributed by atoms with Gasteiger partial charge in [0.25, 0.3) is 0 Å². The highest BCUT2D eigenvalue weighted by molar-refractivity contribution is 5.72. The fourth-order valence-electron chi connectivity index (χ4n) is 3.17. The van der Waals surface area contributed by atoms with E-state index in [1.807, 2.05) is 0 Å². The molecule has 0 saturated heterocycles. The maximum Gasteiger partial charge on any atom is 0.305 e. The summed E-state index contributed by atoms with van der Waals surface area (Å²) < 4.78 is 11.5. The van der Waals surface area contributed by atoms with Crippen LogP contribution in [-0.4, -0.2) is 57.3 Å². The van der Waals surface area contributed by atoms with Crippen LogP contribution >= 0.6 is 0 Å². The lowest BCUT2D eigenvalue weighted by Gasteiger charge is -2.23. The molecule has 0 aromatic heterocycles. The van der Waals surface area contributed by atoms with Crippen LogP contribution in [-0.2, 0) is 19.1 Å². The maximum absolute atomic E-state index is 11.7. The van der Waals surface area contributed by atoms with Gasteiger partial charge >= 0.3 is 11.9 Å². The number of carbonyl (C=O) groups is 2. The molecule has 5 nitrogen and oxygen atoms in total. The molecule has 0 spiro atoms. The van der Waals surface area contributed by atoms with Gasteiger partial charge in [-0.15, -0.1) is 0 Å². The fraction of sp³-hybridized carbons (Fsp3) is 0.917. The molecular formula is C24H48NO4+. The van der Waals surface area contributed by atoms with Crippen molar-refractivity contribution >= 4 is 11.9 Å². The first-order valence-corrected chi connectivity index (χ1v) is 12.0. The molecule has 5 heteroatoms. The topological polar surface area (TPSA) is 52.6 Å². The molecule has 0 saturated carbocycles. The van der Waals surface area contributed by atoms with Crippen LogP contribution in [0.1, 0.15) is 103 Å². The van der Waals surface area contributed by atoms with E-state index in [9.17, 15) is 9.59 Å². The normalized spacial score (nSPS) is 11.4. The van der Waals surface area contributed by atoms with E-state index in [2.05, 4.69) is 28.1 Å². The minimum Gasteiger partial charge on any atom is -0.466 e. The summed E-state index contributed by atoms with van der Waals surface area (Å²) in [5.74, 6) is -0.398. The summed E-state index contributed by atoms with van der Waals surface area (Å²) in [5.41, 5.74) is 0. The first-order valence-electron chi connectivity index (χ1n) is 12.0. The quantitative estimate of drug-likeness (QED) is 0.147. The highest BCUT2D eigenvalue weighted by atomic mass is 16.5. The molecular weight excluding hydrogens is 366 g/mol. The average Bonchev–Trinajstić information content (AvgIpc) is 2.65. The Kier molecular flexibility index (Phi) is 18.2. The van der Waals surface area contributed by atoms with Crippen molar-refractivity contribution in [3.63, 3.8) is 0 Å². The van der Waals surface area contributed by atoms with Crippen LogP contribution in [0.2, 0.25) is 0 Å². The molecule has 172 valence electrons. The largest absolute Gasteiger partial charge is 0.466 e. The Hall–Kier alpha value is -1.10. The molecule has 0 atom stereocenters. The number of rotatable bonds is 20.